The van der Waals surface area contributed by atoms with Crippen molar-refractivity contribution < 1.29 is 14.7 Å². The first-order valence-corrected chi connectivity index (χ1v) is 7.27. The van der Waals surface area contributed by atoms with Gasteiger partial charge in [0.15, 0.2) is 0 Å². The molecule has 2 N–H and O–H groups in total. The Labute approximate surface area is 114 Å². The molecule has 5 nitrogen and oxygen atoms in total. The van der Waals surface area contributed by atoms with Gasteiger partial charge in [-0.2, -0.15) is 0 Å². The van der Waals surface area contributed by atoms with Gasteiger partial charge in [0.25, 0.3) is 0 Å². The number of hydrogen-bond donors (Lipinski definition) is 2. The van der Waals surface area contributed by atoms with Gasteiger partial charge in [-0.1, -0.05) is 13.8 Å². The van der Waals surface area contributed by atoms with Gasteiger partial charge in [-0.05, 0) is 38.0 Å². The fourth-order valence-electron chi connectivity index (χ4n) is 2.77. The SMILES string of the molecule is CC(C)CN(C(=O)NC1CCC(C(=O)O)C1)C1CC1. The Balaban J connectivity index is 1.84. The smallest absolute Gasteiger partial charge is 0.317 e. The van der Waals surface area contributed by atoms with E-state index < -0.39 is 5.97 Å². The maximum Gasteiger partial charge on any atom is 0.317 e. The second kappa shape index (κ2) is 5.80. The van der Waals surface area contributed by atoms with Gasteiger partial charge in [0.05, 0.1) is 5.92 Å². The third-order valence-corrected chi connectivity index (χ3v) is 3.92. The topological polar surface area (TPSA) is 69.6 Å². The van der Waals surface area contributed by atoms with Crippen molar-refractivity contribution in [2.45, 2.75) is 58.0 Å². The molecule has 0 saturated heterocycles. The number of hydrogen-bond acceptors (Lipinski definition) is 2. The summed E-state index contributed by atoms with van der Waals surface area (Å²) in [6.45, 7) is 5.00. The molecular formula is C14H24N2O3. The lowest BCUT2D eigenvalue weighted by atomic mass is 10.1. The summed E-state index contributed by atoms with van der Waals surface area (Å²) in [5.74, 6) is -0.565. The molecule has 2 saturated carbocycles. The Morgan fingerprint density at radius 3 is 2.42 bits per heavy atom. The molecule has 0 radical (unpaired) electrons. The van der Waals surface area contributed by atoms with Crippen LogP contribution in [0.4, 0.5) is 4.79 Å². The first-order chi connectivity index (χ1) is 8.97. The van der Waals surface area contributed by atoms with Gasteiger partial charge in [0.1, 0.15) is 0 Å². The molecule has 0 bridgehead atoms. The second-order valence-electron chi connectivity index (χ2n) is 6.27. The van der Waals surface area contributed by atoms with Gasteiger partial charge in [0.2, 0.25) is 0 Å². The van der Waals surface area contributed by atoms with Crippen molar-refractivity contribution in [2.75, 3.05) is 6.54 Å². The lowest BCUT2D eigenvalue weighted by molar-refractivity contribution is -0.141. The molecule has 0 aliphatic heterocycles. The zero-order valence-corrected chi connectivity index (χ0v) is 11.8. The molecule has 0 aromatic rings. The lowest BCUT2D eigenvalue weighted by Gasteiger charge is -2.26. The summed E-state index contributed by atoms with van der Waals surface area (Å²) in [6, 6.07) is 0.424. The van der Waals surface area contributed by atoms with Gasteiger partial charge in [-0.3, -0.25) is 4.79 Å². The molecule has 2 unspecified atom stereocenters. The molecule has 2 aliphatic carbocycles. The molecule has 2 aliphatic rings. The molecule has 2 fully saturated rings. The first kappa shape index (κ1) is 14.2. The highest BCUT2D eigenvalue weighted by Gasteiger charge is 2.36. The minimum atomic E-state index is -0.738. The summed E-state index contributed by atoms with van der Waals surface area (Å²) in [5.41, 5.74) is 0. The van der Waals surface area contributed by atoms with Crippen molar-refractivity contribution in [1.82, 2.24) is 10.2 Å². The third-order valence-electron chi connectivity index (χ3n) is 3.92. The van der Waals surface area contributed by atoms with E-state index in [0.29, 0.717) is 24.8 Å². The zero-order chi connectivity index (χ0) is 14.0. The van der Waals surface area contributed by atoms with Crippen LogP contribution >= 0.6 is 0 Å². The number of amides is 2. The normalized spacial score (nSPS) is 26.5. The van der Waals surface area contributed by atoms with Gasteiger partial charge >= 0.3 is 12.0 Å². The highest BCUT2D eigenvalue weighted by atomic mass is 16.4. The summed E-state index contributed by atoms with van der Waals surface area (Å²) < 4.78 is 0. The van der Waals surface area contributed by atoms with Crippen molar-refractivity contribution in [3.8, 4) is 0 Å². The molecule has 0 spiro atoms. The van der Waals surface area contributed by atoms with E-state index in [1.165, 1.54) is 0 Å². The van der Waals surface area contributed by atoms with Crippen LogP contribution < -0.4 is 5.32 Å². The monoisotopic (exact) mass is 268 g/mol. The highest BCUT2D eigenvalue weighted by Crippen LogP contribution is 2.29. The number of nitrogens with one attached hydrogen (secondary N) is 1. The van der Waals surface area contributed by atoms with Gasteiger partial charge < -0.3 is 15.3 Å². The molecule has 2 atom stereocenters. The fourth-order valence-corrected chi connectivity index (χ4v) is 2.77. The van der Waals surface area contributed by atoms with E-state index in [0.717, 1.165) is 25.8 Å². The minimum absolute atomic E-state index is 0.00719. The van der Waals surface area contributed by atoms with Crippen LogP contribution in [-0.2, 0) is 4.79 Å². The van der Waals surface area contributed by atoms with Crippen LogP contribution in [0.5, 0.6) is 0 Å². The Bertz CT molecular complexity index is 353. The standard InChI is InChI=1S/C14H24N2O3/c1-9(2)8-16(12-5-6-12)14(19)15-11-4-3-10(7-11)13(17)18/h9-12H,3-8H2,1-2H3,(H,15,19)(H,17,18). The Morgan fingerprint density at radius 1 is 1.26 bits per heavy atom. The number of carboxylic acids is 1. The molecule has 108 valence electrons. The van der Waals surface area contributed by atoms with Gasteiger partial charge in [-0.25, -0.2) is 4.79 Å². The largest absolute Gasteiger partial charge is 0.481 e. The van der Waals surface area contributed by atoms with Gasteiger partial charge in [0, 0.05) is 18.6 Å². The first-order valence-electron chi connectivity index (χ1n) is 7.27. The molecule has 2 amide bonds. The van der Waals surface area contributed by atoms with E-state index in [2.05, 4.69) is 19.2 Å². The average Bonchev–Trinajstić information content (AvgIpc) is 3.05. The van der Waals surface area contributed by atoms with E-state index in [9.17, 15) is 9.59 Å². The molecule has 19 heavy (non-hydrogen) atoms. The Kier molecular flexibility index (Phi) is 4.32. The van der Waals surface area contributed by atoms with Gasteiger partial charge in [-0.15, -0.1) is 0 Å². The predicted molar refractivity (Wildman–Crippen MR) is 71.9 cm³/mol. The summed E-state index contributed by atoms with van der Waals surface area (Å²) in [4.78, 5) is 25.1. The summed E-state index contributed by atoms with van der Waals surface area (Å²) in [5, 5.41) is 12.0. The number of urea groups is 1. The summed E-state index contributed by atoms with van der Waals surface area (Å²) in [7, 11) is 0. The average molecular weight is 268 g/mol. The summed E-state index contributed by atoms with van der Waals surface area (Å²) in [6.07, 6.45) is 4.23. The molecule has 0 aromatic carbocycles. The molecular weight excluding hydrogens is 244 g/mol. The Morgan fingerprint density at radius 2 is 1.95 bits per heavy atom. The van der Waals surface area contributed by atoms with Crippen molar-refractivity contribution in [3.05, 3.63) is 0 Å². The van der Waals surface area contributed by atoms with Crippen molar-refractivity contribution >= 4 is 12.0 Å². The lowest BCUT2D eigenvalue weighted by Crippen LogP contribution is -2.46. The number of nitrogens with zero attached hydrogens (tertiary/aromatic N) is 1. The van der Waals surface area contributed by atoms with E-state index >= 15 is 0 Å². The molecule has 5 heteroatoms. The third kappa shape index (κ3) is 3.85. The van der Waals surface area contributed by atoms with Crippen LogP contribution in [0.15, 0.2) is 0 Å². The number of carboxylic acid groups (broad SMARTS) is 1. The van der Waals surface area contributed by atoms with Crippen LogP contribution in [0, 0.1) is 11.8 Å². The van der Waals surface area contributed by atoms with E-state index in [1.54, 1.807) is 0 Å². The van der Waals surface area contributed by atoms with E-state index in [-0.39, 0.29) is 18.0 Å². The quantitative estimate of drug-likeness (QED) is 0.802. The predicted octanol–water partition coefficient (Wildman–Crippen LogP) is 2.07. The van der Waals surface area contributed by atoms with Crippen LogP contribution in [0.3, 0.4) is 0 Å². The maximum atomic E-state index is 12.3. The zero-order valence-electron chi connectivity index (χ0n) is 11.8. The molecule has 0 aromatic heterocycles. The number of carbonyl (C=O) groups is 2. The van der Waals surface area contributed by atoms with Crippen LogP contribution in [0.2, 0.25) is 0 Å². The van der Waals surface area contributed by atoms with Crippen LogP contribution in [0.1, 0.15) is 46.0 Å². The highest BCUT2D eigenvalue weighted by molar-refractivity contribution is 5.76. The van der Waals surface area contributed by atoms with Crippen molar-refractivity contribution in [3.63, 3.8) is 0 Å². The van der Waals surface area contributed by atoms with Crippen LogP contribution in [-0.4, -0.2) is 40.6 Å². The number of rotatable bonds is 5. The van der Waals surface area contributed by atoms with Crippen molar-refractivity contribution in [2.24, 2.45) is 11.8 Å². The number of carbonyl (C=O) groups excluding carboxylic acids is 1. The van der Waals surface area contributed by atoms with Crippen molar-refractivity contribution in [1.29, 1.82) is 0 Å². The summed E-state index contributed by atoms with van der Waals surface area (Å²) >= 11 is 0. The van der Waals surface area contributed by atoms with E-state index in [1.807, 2.05) is 4.90 Å². The van der Waals surface area contributed by atoms with Crippen LogP contribution in [0.25, 0.3) is 0 Å². The van der Waals surface area contributed by atoms with E-state index in [4.69, 9.17) is 5.11 Å². The molecule has 0 heterocycles. The Hall–Kier alpha value is -1.26. The fraction of sp³-hybridized carbons (Fsp3) is 0.857. The number of aliphatic carboxylic acids is 1. The molecule has 2 rings (SSSR count). The minimum Gasteiger partial charge on any atom is -0.481 e. The maximum absolute atomic E-state index is 12.3. The second-order valence-corrected chi connectivity index (χ2v) is 6.27.